The Labute approximate surface area is 197 Å². The lowest BCUT2D eigenvalue weighted by Gasteiger charge is -2.57. The van der Waals surface area contributed by atoms with E-state index in [-0.39, 0.29) is 17.9 Å². The molecule has 0 amide bonds. The van der Waals surface area contributed by atoms with Gasteiger partial charge in [0.25, 0.3) is 0 Å². The molecule has 0 radical (unpaired) electrons. The van der Waals surface area contributed by atoms with Crippen LogP contribution in [-0.4, -0.2) is 39.5 Å². The Morgan fingerprint density at radius 1 is 1.21 bits per heavy atom. The molecule has 4 fully saturated rings. The maximum absolute atomic E-state index is 13.3. The van der Waals surface area contributed by atoms with Gasteiger partial charge in [-0.25, -0.2) is 0 Å². The Morgan fingerprint density at radius 3 is 2.79 bits per heavy atom. The molecule has 1 N–H and O–H groups in total. The average molecular weight is 454 g/mol. The van der Waals surface area contributed by atoms with E-state index >= 15 is 0 Å². The largest absolute Gasteiger partial charge is 0.387 e. The third-order valence-corrected chi connectivity index (χ3v) is 10.1. The fraction of sp³-hybridized carbons (Fsp3) is 0.815. The molecule has 6 nitrogen and oxygen atoms in total. The lowest BCUT2D eigenvalue weighted by molar-refractivity contribution is -0.138. The third kappa shape index (κ3) is 4.06. The predicted molar refractivity (Wildman–Crippen MR) is 124 cm³/mol. The van der Waals surface area contributed by atoms with Gasteiger partial charge in [-0.05, 0) is 99.7 Å². The lowest BCUT2D eigenvalue weighted by Crippen LogP contribution is -2.52. The van der Waals surface area contributed by atoms with Crippen LogP contribution < -0.4 is 0 Å². The molecule has 4 aliphatic rings. The van der Waals surface area contributed by atoms with Gasteiger partial charge in [0.2, 0.25) is 0 Å². The molecule has 1 heterocycles. The number of aliphatic hydroxyl groups is 1. The number of hydrogen-bond acceptors (Lipinski definition) is 5. The second-order valence-electron chi connectivity index (χ2n) is 11.7. The van der Waals surface area contributed by atoms with Gasteiger partial charge in [0.1, 0.15) is 6.07 Å². The molecule has 0 spiro atoms. The number of hydrogen-bond donors (Lipinski definition) is 1. The van der Waals surface area contributed by atoms with E-state index in [0.717, 1.165) is 49.9 Å². The van der Waals surface area contributed by atoms with Crippen LogP contribution in [-0.2, 0) is 16.1 Å². The number of Topliss-reactive ketones (excluding diaryl/α,β-unsaturated/α-hetero) is 1. The van der Waals surface area contributed by atoms with E-state index in [2.05, 4.69) is 18.1 Å². The van der Waals surface area contributed by atoms with E-state index in [1.54, 1.807) is 10.9 Å². The van der Waals surface area contributed by atoms with Crippen LogP contribution in [0.4, 0.5) is 0 Å². The summed E-state index contributed by atoms with van der Waals surface area (Å²) in [5.74, 6) is 3.90. The summed E-state index contributed by atoms with van der Waals surface area (Å²) in [5.41, 5.74) is -0.0207. The van der Waals surface area contributed by atoms with Crippen molar-refractivity contribution in [3.63, 3.8) is 0 Å². The van der Waals surface area contributed by atoms with Gasteiger partial charge < -0.3 is 9.84 Å². The van der Waals surface area contributed by atoms with Crippen LogP contribution in [0.25, 0.3) is 0 Å². The van der Waals surface area contributed by atoms with Crippen molar-refractivity contribution < 1.29 is 14.6 Å². The molecule has 180 valence electrons. The molecule has 1 aromatic rings. The fourth-order valence-electron chi connectivity index (χ4n) is 8.69. The van der Waals surface area contributed by atoms with Crippen LogP contribution in [0.3, 0.4) is 0 Å². The van der Waals surface area contributed by atoms with Crippen molar-refractivity contribution in [2.24, 2.45) is 40.9 Å². The SMILES string of the molecule is CCOCC1(O)CCC2C(CCC3C2CCC2(C)C(C(=O)Cn4cc(C#N)cn4)CCC32)C1. The predicted octanol–water partition coefficient (Wildman–Crippen LogP) is 4.36. The second-order valence-corrected chi connectivity index (χ2v) is 11.7. The number of rotatable bonds is 6. The van der Waals surface area contributed by atoms with E-state index in [1.165, 1.54) is 31.9 Å². The molecular weight excluding hydrogens is 414 g/mol. The summed E-state index contributed by atoms with van der Waals surface area (Å²) >= 11 is 0. The number of ketones is 1. The first-order valence-electron chi connectivity index (χ1n) is 13.1. The average Bonchev–Trinajstić information content (AvgIpc) is 3.40. The zero-order valence-electron chi connectivity index (χ0n) is 20.2. The van der Waals surface area contributed by atoms with Gasteiger partial charge in [0.15, 0.2) is 5.78 Å². The van der Waals surface area contributed by atoms with Crippen LogP contribution in [0.2, 0.25) is 0 Å². The molecule has 0 aromatic carbocycles. The minimum absolute atomic E-state index is 0.0979. The fourth-order valence-corrected chi connectivity index (χ4v) is 8.69. The van der Waals surface area contributed by atoms with Gasteiger partial charge in [0, 0.05) is 18.7 Å². The summed E-state index contributed by atoms with van der Waals surface area (Å²) < 4.78 is 7.25. The number of nitriles is 1. The highest BCUT2D eigenvalue weighted by Gasteiger charge is 2.59. The first-order chi connectivity index (χ1) is 15.9. The van der Waals surface area contributed by atoms with Crippen LogP contribution in [0.15, 0.2) is 12.4 Å². The lowest BCUT2D eigenvalue weighted by atomic mass is 9.49. The minimum Gasteiger partial charge on any atom is -0.387 e. The van der Waals surface area contributed by atoms with Crippen LogP contribution >= 0.6 is 0 Å². The quantitative estimate of drug-likeness (QED) is 0.691. The van der Waals surface area contributed by atoms with Crippen molar-refractivity contribution in [2.45, 2.75) is 83.8 Å². The van der Waals surface area contributed by atoms with Gasteiger partial charge >= 0.3 is 0 Å². The highest BCUT2D eigenvalue weighted by Crippen LogP contribution is 2.64. The number of carbonyl (C=O) groups excluding carboxylic acids is 1. The van der Waals surface area contributed by atoms with E-state index in [1.807, 2.05) is 6.92 Å². The zero-order chi connectivity index (χ0) is 23.2. The van der Waals surface area contributed by atoms with Gasteiger partial charge in [-0.15, -0.1) is 0 Å². The van der Waals surface area contributed by atoms with Crippen molar-refractivity contribution in [1.29, 1.82) is 5.26 Å². The molecule has 6 heteroatoms. The molecule has 4 saturated carbocycles. The Hall–Kier alpha value is -1.71. The monoisotopic (exact) mass is 453 g/mol. The van der Waals surface area contributed by atoms with Crippen molar-refractivity contribution in [1.82, 2.24) is 9.78 Å². The van der Waals surface area contributed by atoms with Gasteiger partial charge in [-0.3, -0.25) is 9.48 Å². The number of ether oxygens (including phenoxy) is 1. The smallest absolute Gasteiger partial charge is 0.157 e. The summed E-state index contributed by atoms with van der Waals surface area (Å²) in [4.78, 5) is 13.3. The molecule has 1 aromatic heterocycles. The molecule has 0 bridgehead atoms. The number of nitrogens with zero attached hydrogens (tertiary/aromatic N) is 3. The molecule has 0 aliphatic heterocycles. The summed E-state index contributed by atoms with van der Waals surface area (Å²) in [6, 6.07) is 2.09. The number of carbonyl (C=O) groups is 1. The van der Waals surface area contributed by atoms with Crippen molar-refractivity contribution in [3.8, 4) is 6.07 Å². The zero-order valence-corrected chi connectivity index (χ0v) is 20.2. The molecular formula is C27H39N3O3. The van der Waals surface area contributed by atoms with Crippen molar-refractivity contribution >= 4 is 5.78 Å². The number of fused-ring (bicyclic) bond motifs is 5. The Bertz CT molecular complexity index is 922. The molecule has 33 heavy (non-hydrogen) atoms. The maximum Gasteiger partial charge on any atom is 0.157 e. The van der Waals surface area contributed by atoms with Crippen LogP contribution in [0.1, 0.15) is 77.2 Å². The van der Waals surface area contributed by atoms with Crippen LogP contribution in [0.5, 0.6) is 0 Å². The summed E-state index contributed by atoms with van der Waals surface area (Å²) in [7, 11) is 0. The van der Waals surface area contributed by atoms with E-state index in [0.29, 0.717) is 36.4 Å². The summed E-state index contributed by atoms with van der Waals surface area (Å²) in [6.07, 6.45) is 13.1. The molecule has 8 unspecified atom stereocenters. The Kier molecular flexibility index (Phi) is 6.16. The number of aromatic nitrogens is 2. The Balaban J connectivity index is 1.26. The third-order valence-electron chi connectivity index (χ3n) is 10.1. The van der Waals surface area contributed by atoms with Gasteiger partial charge in [-0.2, -0.15) is 10.4 Å². The standard InChI is InChI=1S/C27H39N3O3/c1-3-33-17-27(32)11-9-20-19(12-27)4-5-22-21(20)8-10-26(2)23(22)6-7-24(26)25(31)16-30-15-18(13-28)14-29-30/h14-15,19-24,32H,3-12,16-17H2,1-2H3. The van der Waals surface area contributed by atoms with E-state index in [4.69, 9.17) is 10.00 Å². The first-order valence-corrected chi connectivity index (χ1v) is 13.1. The second kappa shape index (κ2) is 8.82. The van der Waals surface area contributed by atoms with Crippen molar-refractivity contribution in [2.75, 3.05) is 13.2 Å². The highest BCUT2D eigenvalue weighted by atomic mass is 16.5. The molecule has 8 atom stereocenters. The van der Waals surface area contributed by atoms with Gasteiger partial charge in [0.05, 0.1) is 30.5 Å². The molecule has 5 rings (SSSR count). The normalized spacial score (nSPS) is 42.1. The van der Waals surface area contributed by atoms with Gasteiger partial charge in [-0.1, -0.05) is 6.92 Å². The minimum atomic E-state index is -0.629. The highest BCUT2D eigenvalue weighted by molar-refractivity contribution is 5.82. The summed E-state index contributed by atoms with van der Waals surface area (Å²) in [6.45, 7) is 5.82. The summed E-state index contributed by atoms with van der Waals surface area (Å²) in [5, 5.41) is 24.3. The molecule has 4 aliphatic carbocycles. The first kappa shape index (κ1) is 23.1. The molecule has 0 saturated heterocycles. The van der Waals surface area contributed by atoms with E-state index < -0.39 is 5.60 Å². The van der Waals surface area contributed by atoms with Crippen molar-refractivity contribution in [3.05, 3.63) is 18.0 Å². The van der Waals surface area contributed by atoms with E-state index in [9.17, 15) is 9.90 Å². The maximum atomic E-state index is 13.3. The Morgan fingerprint density at radius 2 is 2.03 bits per heavy atom. The topological polar surface area (TPSA) is 88.1 Å². The van der Waals surface area contributed by atoms with Crippen LogP contribution in [0, 0.1) is 52.3 Å².